The maximum absolute atomic E-state index is 6.52. The SMILES string of the molecule is CC1(C)CCCCC1C(N)c1cc(Br)sc1Br. The van der Waals surface area contributed by atoms with E-state index < -0.39 is 0 Å². The van der Waals surface area contributed by atoms with Crippen LogP contribution in [-0.2, 0) is 0 Å². The highest BCUT2D eigenvalue weighted by atomic mass is 79.9. The van der Waals surface area contributed by atoms with Crippen LogP contribution in [0.15, 0.2) is 13.6 Å². The van der Waals surface area contributed by atoms with Crippen molar-refractivity contribution in [2.75, 3.05) is 0 Å². The second-order valence-corrected chi connectivity index (χ2v) is 9.40. The van der Waals surface area contributed by atoms with Gasteiger partial charge in [0.05, 0.1) is 7.57 Å². The fourth-order valence-electron chi connectivity index (χ4n) is 2.98. The molecule has 1 saturated carbocycles. The topological polar surface area (TPSA) is 26.0 Å². The van der Waals surface area contributed by atoms with Crippen LogP contribution in [0.5, 0.6) is 0 Å². The van der Waals surface area contributed by atoms with Crippen molar-refractivity contribution in [2.24, 2.45) is 17.1 Å². The molecule has 0 radical (unpaired) electrons. The molecule has 1 fully saturated rings. The van der Waals surface area contributed by atoms with Crippen LogP contribution in [0.2, 0.25) is 0 Å². The van der Waals surface area contributed by atoms with Crippen molar-refractivity contribution >= 4 is 43.2 Å². The van der Waals surface area contributed by atoms with E-state index in [4.69, 9.17) is 5.73 Å². The average molecular weight is 381 g/mol. The predicted octanol–water partition coefficient (Wildman–Crippen LogP) is 5.49. The zero-order valence-electron chi connectivity index (χ0n) is 10.3. The van der Waals surface area contributed by atoms with Crippen molar-refractivity contribution in [1.82, 2.24) is 0 Å². The van der Waals surface area contributed by atoms with Crippen molar-refractivity contribution in [3.63, 3.8) is 0 Å². The van der Waals surface area contributed by atoms with Crippen molar-refractivity contribution in [3.8, 4) is 0 Å². The molecule has 0 bridgehead atoms. The molecule has 96 valence electrons. The number of hydrogen-bond acceptors (Lipinski definition) is 2. The fraction of sp³-hybridized carbons (Fsp3) is 0.692. The van der Waals surface area contributed by atoms with E-state index in [0.29, 0.717) is 11.3 Å². The molecule has 2 atom stereocenters. The van der Waals surface area contributed by atoms with Crippen LogP contribution in [0.3, 0.4) is 0 Å². The van der Waals surface area contributed by atoms with Crippen molar-refractivity contribution in [3.05, 3.63) is 19.2 Å². The third-order valence-corrected chi connectivity index (χ3v) is 6.45. The molecule has 1 aromatic heterocycles. The van der Waals surface area contributed by atoms with Gasteiger partial charge in [0.2, 0.25) is 0 Å². The lowest BCUT2D eigenvalue weighted by Crippen LogP contribution is -2.36. The Kier molecular flexibility index (Phi) is 4.39. The average Bonchev–Trinajstić information content (AvgIpc) is 2.56. The molecule has 0 aliphatic heterocycles. The summed E-state index contributed by atoms with van der Waals surface area (Å²) in [6.07, 6.45) is 5.23. The van der Waals surface area contributed by atoms with Gasteiger partial charge in [0.1, 0.15) is 0 Å². The Labute approximate surface area is 124 Å². The molecule has 2 rings (SSSR count). The molecule has 2 N–H and O–H groups in total. The summed E-state index contributed by atoms with van der Waals surface area (Å²) in [5.74, 6) is 0.592. The first-order valence-corrected chi connectivity index (χ1v) is 8.52. The molecule has 1 aromatic rings. The van der Waals surface area contributed by atoms with E-state index in [1.54, 1.807) is 11.3 Å². The Hall–Kier alpha value is 0.620. The van der Waals surface area contributed by atoms with Gasteiger partial charge in [0.25, 0.3) is 0 Å². The Bertz CT molecular complexity index is 400. The van der Waals surface area contributed by atoms with Gasteiger partial charge in [-0.1, -0.05) is 26.7 Å². The molecule has 2 unspecified atom stereocenters. The Balaban J connectivity index is 2.24. The van der Waals surface area contributed by atoms with E-state index in [-0.39, 0.29) is 6.04 Å². The Morgan fingerprint density at radius 3 is 2.65 bits per heavy atom. The lowest BCUT2D eigenvalue weighted by molar-refractivity contribution is 0.112. The van der Waals surface area contributed by atoms with E-state index in [9.17, 15) is 0 Å². The van der Waals surface area contributed by atoms with E-state index in [2.05, 4.69) is 51.8 Å². The molecule has 1 heterocycles. The summed E-state index contributed by atoms with van der Waals surface area (Å²) in [5.41, 5.74) is 8.15. The van der Waals surface area contributed by atoms with Gasteiger partial charge in [-0.15, -0.1) is 11.3 Å². The fourth-order valence-corrected chi connectivity index (χ4v) is 5.94. The molecular formula is C13H19Br2NS. The van der Waals surface area contributed by atoms with Crippen LogP contribution in [0, 0.1) is 11.3 Å². The third kappa shape index (κ3) is 2.96. The molecule has 1 nitrogen and oxygen atoms in total. The van der Waals surface area contributed by atoms with Crippen LogP contribution in [0.4, 0.5) is 0 Å². The minimum atomic E-state index is 0.155. The highest BCUT2D eigenvalue weighted by molar-refractivity contribution is 9.12. The summed E-state index contributed by atoms with van der Waals surface area (Å²) < 4.78 is 2.33. The molecule has 0 saturated heterocycles. The van der Waals surface area contributed by atoms with Gasteiger partial charge in [-0.2, -0.15) is 0 Å². The molecule has 1 aliphatic carbocycles. The normalized spacial score (nSPS) is 25.8. The largest absolute Gasteiger partial charge is 0.324 e. The predicted molar refractivity (Wildman–Crippen MR) is 82.4 cm³/mol. The van der Waals surface area contributed by atoms with E-state index in [0.717, 1.165) is 3.79 Å². The first-order chi connectivity index (χ1) is 7.92. The van der Waals surface area contributed by atoms with E-state index >= 15 is 0 Å². The number of nitrogens with two attached hydrogens (primary N) is 1. The van der Waals surface area contributed by atoms with Gasteiger partial charge in [-0.05, 0) is 67.7 Å². The van der Waals surface area contributed by atoms with Crippen LogP contribution in [0.25, 0.3) is 0 Å². The summed E-state index contributed by atoms with van der Waals surface area (Å²) in [5, 5.41) is 0. The summed E-state index contributed by atoms with van der Waals surface area (Å²) in [6, 6.07) is 2.33. The van der Waals surface area contributed by atoms with Crippen molar-refractivity contribution in [1.29, 1.82) is 0 Å². The first kappa shape index (κ1) is 14.0. The number of thiophene rings is 1. The molecule has 0 aromatic carbocycles. The van der Waals surface area contributed by atoms with Gasteiger partial charge < -0.3 is 5.73 Å². The molecular weight excluding hydrogens is 362 g/mol. The second kappa shape index (κ2) is 5.32. The highest BCUT2D eigenvalue weighted by Gasteiger charge is 2.37. The monoisotopic (exact) mass is 379 g/mol. The van der Waals surface area contributed by atoms with Crippen molar-refractivity contribution in [2.45, 2.75) is 45.6 Å². The smallest absolute Gasteiger partial charge is 0.0758 e. The van der Waals surface area contributed by atoms with Crippen LogP contribution in [-0.4, -0.2) is 0 Å². The van der Waals surface area contributed by atoms with Gasteiger partial charge in [0, 0.05) is 6.04 Å². The summed E-state index contributed by atoms with van der Waals surface area (Å²) >= 11 is 8.88. The second-order valence-electron chi connectivity index (χ2n) is 5.65. The lowest BCUT2D eigenvalue weighted by Gasteiger charge is -2.42. The Morgan fingerprint density at radius 2 is 2.12 bits per heavy atom. The maximum atomic E-state index is 6.52. The van der Waals surface area contributed by atoms with Gasteiger partial charge in [-0.25, -0.2) is 0 Å². The third-order valence-electron chi connectivity index (χ3n) is 4.07. The van der Waals surface area contributed by atoms with Crippen LogP contribution in [0.1, 0.15) is 51.1 Å². The number of rotatable bonds is 2. The molecule has 0 spiro atoms. The molecule has 1 aliphatic rings. The summed E-state index contributed by atoms with van der Waals surface area (Å²) in [7, 11) is 0. The molecule has 4 heteroatoms. The van der Waals surface area contributed by atoms with E-state index in [1.165, 1.54) is 35.0 Å². The maximum Gasteiger partial charge on any atom is 0.0758 e. The minimum absolute atomic E-state index is 0.155. The first-order valence-electron chi connectivity index (χ1n) is 6.12. The van der Waals surface area contributed by atoms with Gasteiger partial charge in [0.15, 0.2) is 0 Å². The standard InChI is InChI=1S/C13H19Br2NS/c1-13(2)6-4-3-5-9(13)11(16)8-7-10(14)17-12(8)15/h7,9,11H,3-6,16H2,1-2H3. The van der Waals surface area contributed by atoms with Crippen molar-refractivity contribution < 1.29 is 0 Å². The molecule has 0 amide bonds. The van der Waals surface area contributed by atoms with Gasteiger partial charge >= 0.3 is 0 Å². The summed E-state index contributed by atoms with van der Waals surface area (Å²) in [4.78, 5) is 0. The van der Waals surface area contributed by atoms with E-state index in [1.807, 2.05) is 0 Å². The zero-order chi connectivity index (χ0) is 12.6. The number of hydrogen-bond donors (Lipinski definition) is 1. The Morgan fingerprint density at radius 1 is 1.41 bits per heavy atom. The van der Waals surface area contributed by atoms with Gasteiger partial charge in [-0.3, -0.25) is 0 Å². The summed E-state index contributed by atoms with van der Waals surface area (Å²) in [6.45, 7) is 4.73. The zero-order valence-corrected chi connectivity index (χ0v) is 14.3. The minimum Gasteiger partial charge on any atom is -0.324 e. The quantitative estimate of drug-likeness (QED) is 0.721. The lowest BCUT2D eigenvalue weighted by atomic mass is 9.65. The van der Waals surface area contributed by atoms with Crippen LogP contribution >= 0.6 is 43.2 Å². The highest BCUT2D eigenvalue weighted by Crippen LogP contribution is 2.48. The molecule has 17 heavy (non-hydrogen) atoms. The number of halogens is 2. The van der Waals surface area contributed by atoms with Crippen LogP contribution < -0.4 is 5.73 Å².